The molecule has 552 valence electrons. The van der Waals surface area contributed by atoms with Crippen LogP contribution in [-0.4, -0.2) is 96.1 Å². The van der Waals surface area contributed by atoms with Crippen LogP contribution in [-0.2, 0) is 41.4 Å². The van der Waals surface area contributed by atoms with Crippen molar-refractivity contribution in [2.75, 3.05) is 26.4 Å². The van der Waals surface area contributed by atoms with Crippen molar-refractivity contribution in [1.82, 2.24) is 9.80 Å². The van der Waals surface area contributed by atoms with Crippen molar-refractivity contribution in [2.24, 2.45) is 0 Å². The van der Waals surface area contributed by atoms with E-state index in [1.165, 1.54) is 0 Å². The van der Waals surface area contributed by atoms with Gasteiger partial charge in [-0.15, -0.1) is 0 Å². The van der Waals surface area contributed by atoms with E-state index < -0.39 is 47.7 Å². The molecule has 0 N–H and O–H groups in total. The minimum atomic E-state index is -1.61. The van der Waals surface area contributed by atoms with Crippen LogP contribution in [0.1, 0.15) is 107 Å². The predicted molar refractivity (Wildman–Crippen MR) is 423 cm³/mol. The Balaban J connectivity index is 0.957. The number of amides is 4. The van der Waals surface area contributed by atoms with Gasteiger partial charge < -0.3 is 46.7 Å². The number of carbonyl (C=O) groups is 6. The van der Waals surface area contributed by atoms with Crippen LogP contribution in [0.4, 0.5) is 0 Å². The molecule has 2 aromatic heterocycles. The molecule has 0 radical (unpaired) electrons. The zero-order valence-electron chi connectivity index (χ0n) is 62.4. The molecule has 0 aliphatic carbocycles. The molecule has 4 aliphatic heterocycles. The Bertz CT molecular complexity index is 6410. The number of nitrogens with zero attached hydrogens (tertiary/aromatic N) is 2. The van der Waals surface area contributed by atoms with Crippen LogP contribution in [0.5, 0.6) is 40.2 Å². The maximum atomic E-state index is 16.8. The summed E-state index contributed by atoms with van der Waals surface area (Å²) in [5.74, 6) is -3.53. The third-order valence-electron chi connectivity index (χ3n) is 21.0. The maximum absolute atomic E-state index is 16.8. The topological polar surface area (TPSA) is 216 Å². The van der Waals surface area contributed by atoms with E-state index in [0.717, 1.165) is 75.9 Å². The average molecular weight is 1480 g/mol. The molecule has 0 spiro atoms. The second-order valence-electron chi connectivity index (χ2n) is 29.9. The highest BCUT2D eigenvalue weighted by Crippen LogP contribution is 2.58. The lowest BCUT2D eigenvalue weighted by Gasteiger charge is -2.35. The molecule has 0 bridgehead atoms. The highest BCUT2D eigenvalue weighted by Gasteiger charge is 2.48. The molecule has 4 atom stereocenters. The molecule has 14 aromatic rings. The first kappa shape index (κ1) is 69.8. The Labute approximate surface area is 636 Å². The number of benzene rings is 12. The average Bonchev–Trinajstić information content (AvgIpc) is 1.58. The zero-order chi connectivity index (χ0) is 76.7. The van der Waals surface area contributed by atoms with Gasteiger partial charge in [-0.3, -0.25) is 29.0 Å². The molecular formula is C93H74N2O16. The predicted octanol–water partition coefficient (Wildman–Crippen LogP) is 19.9. The Morgan fingerprint density at radius 2 is 0.775 bits per heavy atom. The number of rotatable bonds is 22. The smallest absolute Gasteiger partial charge is 0.329 e. The summed E-state index contributed by atoms with van der Waals surface area (Å²) in [4.78, 5) is 99.9. The van der Waals surface area contributed by atoms with E-state index in [9.17, 15) is 0 Å². The Kier molecular flexibility index (Phi) is 17.0. The van der Waals surface area contributed by atoms with E-state index >= 15 is 28.8 Å². The van der Waals surface area contributed by atoms with E-state index in [4.69, 9.17) is 46.7 Å². The normalized spacial score (nSPS) is 16.2. The molecule has 12 aromatic carbocycles. The zero-order valence-corrected chi connectivity index (χ0v) is 62.4. The Morgan fingerprint density at radius 1 is 0.432 bits per heavy atom. The third kappa shape index (κ3) is 12.5. The van der Waals surface area contributed by atoms with Crippen molar-refractivity contribution < 1.29 is 75.5 Å². The Hall–Kier alpha value is -12.9. The van der Waals surface area contributed by atoms with Crippen LogP contribution in [0.15, 0.2) is 208 Å². The lowest BCUT2D eigenvalue weighted by atomic mass is 9.80. The van der Waals surface area contributed by atoms with Gasteiger partial charge in [0.1, 0.15) is 106 Å². The van der Waals surface area contributed by atoms with Crippen LogP contribution >= 0.6 is 0 Å². The van der Waals surface area contributed by atoms with E-state index in [1.807, 2.05) is 195 Å². The molecule has 4 unspecified atom stereocenters. The number of aryl methyl sites for hydroxylation is 6. The number of furan rings is 2. The number of imide groups is 2. The summed E-state index contributed by atoms with van der Waals surface area (Å²) in [5.41, 5.74) is 9.62. The number of epoxide rings is 2. The minimum Gasteiger partial charge on any atom is -0.461 e. The van der Waals surface area contributed by atoms with Crippen molar-refractivity contribution in [3.63, 3.8) is 0 Å². The van der Waals surface area contributed by atoms with Crippen molar-refractivity contribution in [3.8, 4) is 40.2 Å². The number of hydrogen-bond donors (Lipinski definition) is 0. The highest BCUT2D eigenvalue weighted by atomic mass is 16.6. The van der Waals surface area contributed by atoms with Gasteiger partial charge >= 0.3 is 11.9 Å². The molecule has 18 nitrogen and oxygen atoms in total. The molecule has 4 aliphatic rings. The fraction of sp³-hybridized carbons (Fsp3) is 0.204. The summed E-state index contributed by atoms with van der Waals surface area (Å²) in [6.45, 7) is 21.8. The summed E-state index contributed by atoms with van der Waals surface area (Å²) in [5, 5.41) is 5.04. The van der Waals surface area contributed by atoms with Gasteiger partial charge in [-0.05, 0) is 191 Å². The number of ether oxygens (including phenoxy) is 8. The molecular weight excluding hydrogens is 1400 g/mol. The summed E-state index contributed by atoms with van der Waals surface area (Å²) >= 11 is 0. The van der Waals surface area contributed by atoms with E-state index in [0.29, 0.717) is 69.7 Å². The van der Waals surface area contributed by atoms with E-state index in [2.05, 4.69) is 6.58 Å². The first-order chi connectivity index (χ1) is 53.5. The Morgan fingerprint density at radius 3 is 1.14 bits per heavy atom. The van der Waals surface area contributed by atoms with Crippen molar-refractivity contribution in [1.29, 1.82) is 0 Å². The van der Waals surface area contributed by atoms with Gasteiger partial charge in [0, 0.05) is 77.5 Å². The number of carbonyl (C=O) groups excluding carboxylic acids is 6. The van der Waals surface area contributed by atoms with Gasteiger partial charge in [0.25, 0.3) is 23.6 Å². The molecule has 0 saturated carbocycles. The largest absolute Gasteiger partial charge is 0.461 e. The SMILES string of the molecule is C=C(C)/C=C(C)\C=C(/C)Oc1cc2c3c(cc(Oc4cc(C)cc(C)c4)c4c5c(Oc6cc(C)cc(C)c6)cc6c7c(cc(Oc8cc(C)cc(C)c8)c(c1c34)c75)C(=O)N(C(Cc1cccc3c1oc1ccccc13)C(=O)OCC1CO1)C6=O)C(=O)N(C(Cc1cccc3c1oc1ccccc13)C(=O)OCC1CO1)C2=O. The molecule has 4 amide bonds. The number of para-hydroxylation sites is 4. The van der Waals surface area contributed by atoms with Gasteiger partial charge in [0.2, 0.25) is 0 Å². The van der Waals surface area contributed by atoms with Crippen molar-refractivity contribution >= 4 is 123 Å². The van der Waals surface area contributed by atoms with Gasteiger partial charge in [-0.2, -0.15) is 0 Å². The van der Waals surface area contributed by atoms with Crippen LogP contribution in [0.25, 0.3) is 87.0 Å². The molecule has 6 heterocycles. The first-order valence-electron chi connectivity index (χ1n) is 37.0. The standard InChI is InChI=1S/C93H74N2O16/c1-46(2)25-47(3)29-54(10)106-74-38-66-78-67(89(97)94(88(66)96)70(92(100)104-44-60-42-102-60)36-55-17-15-21-64-62-19-11-13-23-72(62)110-86(55)64)40-76(108-58-32-50(6)27-51(7)33-58)82-83-77(109-59-34-52(8)28-53(9)35-59)41-69-79-68(39-75(81(85(79)83)80(74)84(78)82)107-57-30-48(4)26-49(5)31-57)90(98)95(91(69)99)71(93(101)105-45-61-43-103-61)37-56-18-16-22-65-63-20-12-14-24-73(63)111-87(56)65/h11-35,38-41,60-61,70-71H,1,36-37,42-45H2,2-10H3/b47-25-,54-29+. The highest BCUT2D eigenvalue weighted by molar-refractivity contribution is 6.45. The van der Waals surface area contributed by atoms with Gasteiger partial charge in [0.15, 0.2) is 0 Å². The molecule has 18 rings (SSSR count). The monoisotopic (exact) mass is 1470 g/mol. The van der Waals surface area contributed by atoms with E-state index in [1.54, 1.807) is 43.3 Å². The fourth-order valence-corrected chi connectivity index (χ4v) is 16.5. The van der Waals surface area contributed by atoms with Gasteiger partial charge in [0.05, 0.1) is 35.5 Å². The number of esters is 2. The molecule has 18 heteroatoms. The second kappa shape index (κ2) is 27.0. The van der Waals surface area contributed by atoms with Gasteiger partial charge in [-0.25, -0.2) is 9.59 Å². The molecule has 2 fully saturated rings. The fourth-order valence-electron chi connectivity index (χ4n) is 16.5. The third-order valence-corrected chi connectivity index (χ3v) is 21.0. The number of hydrogen-bond acceptors (Lipinski definition) is 16. The van der Waals surface area contributed by atoms with Crippen LogP contribution in [0.2, 0.25) is 0 Å². The number of fused-ring (bicyclic) bond motifs is 8. The van der Waals surface area contributed by atoms with Crippen LogP contribution < -0.4 is 18.9 Å². The summed E-state index contributed by atoms with van der Waals surface area (Å²) < 4.78 is 65.9. The summed E-state index contributed by atoms with van der Waals surface area (Å²) in [7, 11) is 0. The summed E-state index contributed by atoms with van der Waals surface area (Å²) in [6, 6.07) is 46.5. The van der Waals surface area contributed by atoms with Crippen LogP contribution in [0.3, 0.4) is 0 Å². The van der Waals surface area contributed by atoms with E-state index in [-0.39, 0.29) is 127 Å². The minimum absolute atomic E-state index is 0.0392. The van der Waals surface area contributed by atoms with Crippen molar-refractivity contribution in [2.45, 2.75) is 99.4 Å². The molecule has 111 heavy (non-hydrogen) atoms. The lowest BCUT2D eigenvalue weighted by molar-refractivity contribution is -0.149. The quantitative estimate of drug-likeness (QED) is 0.0117. The molecule has 2 saturated heterocycles. The second-order valence-corrected chi connectivity index (χ2v) is 29.9. The van der Waals surface area contributed by atoms with Gasteiger partial charge in [-0.1, -0.05) is 109 Å². The maximum Gasteiger partial charge on any atom is 0.329 e. The summed E-state index contributed by atoms with van der Waals surface area (Å²) in [6.07, 6.45) is 2.48. The first-order valence-corrected chi connectivity index (χ1v) is 37.0. The van der Waals surface area contributed by atoms with Crippen molar-refractivity contribution in [3.05, 3.63) is 266 Å². The lowest BCUT2D eigenvalue weighted by Crippen LogP contribution is -2.52. The van der Waals surface area contributed by atoms with Crippen LogP contribution in [0, 0.1) is 41.5 Å². The number of allylic oxidation sites excluding steroid dienone is 5.